The number of anilines is 1. The maximum atomic E-state index is 5.89. The highest BCUT2D eigenvalue weighted by atomic mass is 32.1. The summed E-state index contributed by atoms with van der Waals surface area (Å²) in [7, 11) is 0. The van der Waals surface area contributed by atoms with Gasteiger partial charge in [0.2, 0.25) is 11.8 Å². The maximum Gasteiger partial charge on any atom is 0.245 e. The zero-order chi connectivity index (χ0) is 16.8. The van der Waals surface area contributed by atoms with Crippen molar-refractivity contribution < 1.29 is 4.74 Å². The van der Waals surface area contributed by atoms with Crippen molar-refractivity contribution in [2.45, 2.75) is 6.61 Å². The number of nitrogens with one attached hydrogen (secondary N) is 1. The third kappa shape index (κ3) is 2.36. The third-order valence-electron chi connectivity index (χ3n) is 4.10. The predicted molar refractivity (Wildman–Crippen MR) is 99.8 cm³/mol. The summed E-state index contributed by atoms with van der Waals surface area (Å²) < 4.78 is 7.14. The quantitative estimate of drug-likeness (QED) is 0.517. The first-order valence-corrected chi connectivity index (χ1v) is 8.59. The van der Waals surface area contributed by atoms with Crippen LogP contribution in [0.2, 0.25) is 0 Å². The van der Waals surface area contributed by atoms with Crippen LogP contribution in [0.3, 0.4) is 0 Å². The summed E-state index contributed by atoms with van der Waals surface area (Å²) in [6.45, 7) is 0.415. The Balaban J connectivity index is 1.51. The fraction of sp³-hybridized carbons (Fsp3) is 0.0556. The Bertz CT molecular complexity index is 1230. The summed E-state index contributed by atoms with van der Waals surface area (Å²) in [5, 5.41) is 3.74. The van der Waals surface area contributed by atoms with Crippen molar-refractivity contribution in [1.82, 2.24) is 19.9 Å². The molecule has 2 aromatic carbocycles. The highest BCUT2D eigenvalue weighted by molar-refractivity contribution is 7.19. The summed E-state index contributed by atoms with van der Waals surface area (Å²) in [5.74, 6) is 0.569. The molecule has 0 aliphatic carbocycles. The summed E-state index contributed by atoms with van der Waals surface area (Å²) in [6.07, 6.45) is 1.55. The second-order valence-electron chi connectivity index (χ2n) is 5.69. The normalized spacial score (nSPS) is 11.5. The largest absolute Gasteiger partial charge is 0.470 e. The molecule has 5 rings (SSSR count). The van der Waals surface area contributed by atoms with Crippen molar-refractivity contribution in [1.29, 1.82) is 0 Å². The Hall–Kier alpha value is -3.19. The van der Waals surface area contributed by atoms with E-state index >= 15 is 0 Å². The first-order chi connectivity index (χ1) is 12.3. The zero-order valence-electron chi connectivity index (χ0n) is 13.1. The SMILES string of the molecule is Nc1nc(OCc2cc3c(ccc4ccccc43)s2)c2[nH]cnc2n1. The average molecular weight is 347 g/mol. The molecule has 122 valence electrons. The molecule has 0 aliphatic heterocycles. The van der Waals surface area contributed by atoms with Crippen LogP contribution in [0.25, 0.3) is 32.0 Å². The summed E-state index contributed by atoms with van der Waals surface area (Å²) >= 11 is 1.72. The molecule has 0 saturated heterocycles. The maximum absolute atomic E-state index is 5.89. The van der Waals surface area contributed by atoms with E-state index < -0.39 is 0 Å². The lowest BCUT2D eigenvalue weighted by atomic mass is 10.1. The van der Waals surface area contributed by atoms with Crippen molar-refractivity contribution in [2.75, 3.05) is 5.73 Å². The minimum absolute atomic E-state index is 0.150. The van der Waals surface area contributed by atoms with Crippen LogP contribution in [0.5, 0.6) is 5.88 Å². The van der Waals surface area contributed by atoms with Crippen molar-refractivity contribution >= 4 is 49.3 Å². The Morgan fingerprint density at radius 1 is 1.08 bits per heavy atom. The number of fused-ring (bicyclic) bond motifs is 4. The molecule has 0 fully saturated rings. The van der Waals surface area contributed by atoms with Crippen molar-refractivity contribution in [3.63, 3.8) is 0 Å². The smallest absolute Gasteiger partial charge is 0.245 e. The average Bonchev–Trinajstić information content (AvgIpc) is 3.26. The van der Waals surface area contributed by atoms with Crippen molar-refractivity contribution in [2.24, 2.45) is 0 Å². The van der Waals surface area contributed by atoms with E-state index in [2.05, 4.69) is 62.4 Å². The Kier molecular flexibility index (Phi) is 3.07. The van der Waals surface area contributed by atoms with Gasteiger partial charge in [-0.1, -0.05) is 30.3 Å². The molecule has 3 aromatic heterocycles. The molecule has 6 nitrogen and oxygen atoms in total. The van der Waals surface area contributed by atoms with Gasteiger partial charge in [-0.15, -0.1) is 11.3 Å². The molecule has 0 aliphatic rings. The number of hydrogen-bond acceptors (Lipinski definition) is 6. The van der Waals surface area contributed by atoms with Gasteiger partial charge in [-0.05, 0) is 22.9 Å². The molecule has 0 saturated carbocycles. The lowest BCUT2D eigenvalue weighted by Crippen LogP contribution is -2.01. The molecule has 3 N–H and O–H groups in total. The fourth-order valence-corrected chi connectivity index (χ4v) is 3.97. The predicted octanol–water partition coefficient (Wildman–Crippen LogP) is 3.88. The van der Waals surface area contributed by atoms with Gasteiger partial charge in [-0.25, -0.2) is 4.98 Å². The molecule has 0 bridgehead atoms. The van der Waals surface area contributed by atoms with Crippen LogP contribution < -0.4 is 10.5 Å². The zero-order valence-corrected chi connectivity index (χ0v) is 13.9. The van der Waals surface area contributed by atoms with Gasteiger partial charge in [0.25, 0.3) is 0 Å². The topological polar surface area (TPSA) is 89.7 Å². The van der Waals surface area contributed by atoms with Gasteiger partial charge in [0.1, 0.15) is 12.1 Å². The van der Waals surface area contributed by atoms with Gasteiger partial charge in [0, 0.05) is 15.0 Å². The number of nitrogens with two attached hydrogens (primary N) is 1. The number of ether oxygens (including phenoxy) is 1. The summed E-state index contributed by atoms with van der Waals surface area (Å²) in [5.41, 5.74) is 6.88. The first kappa shape index (κ1) is 14.2. The fourth-order valence-electron chi connectivity index (χ4n) is 2.98. The van der Waals surface area contributed by atoms with E-state index in [-0.39, 0.29) is 5.95 Å². The minimum Gasteiger partial charge on any atom is -0.470 e. The van der Waals surface area contributed by atoms with Gasteiger partial charge >= 0.3 is 0 Å². The van der Waals surface area contributed by atoms with Crippen molar-refractivity contribution in [3.05, 3.63) is 53.7 Å². The number of nitrogens with zero attached hydrogens (tertiary/aromatic N) is 3. The van der Waals surface area contributed by atoms with E-state index in [9.17, 15) is 0 Å². The van der Waals surface area contributed by atoms with Crippen molar-refractivity contribution in [3.8, 4) is 5.88 Å². The molecular formula is C18H13N5OS. The molecule has 0 unspecified atom stereocenters. The molecule has 0 amide bonds. The summed E-state index contributed by atoms with van der Waals surface area (Å²) in [4.78, 5) is 16.4. The Morgan fingerprint density at radius 3 is 2.96 bits per heavy atom. The molecule has 5 aromatic rings. The number of thiophene rings is 1. The number of rotatable bonds is 3. The molecular weight excluding hydrogens is 334 g/mol. The van der Waals surface area contributed by atoms with Crippen LogP contribution in [0.1, 0.15) is 4.88 Å². The second kappa shape index (κ2) is 5.42. The van der Waals surface area contributed by atoms with Crippen LogP contribution >= 0.6 is 11.3 Å². The number of H-pyrrole nitrogens is 1. The van der Waals surface area contributed by atoms with E-state index in [1.165, 1.54) is 20.9 Å². The van der Waals surface area contributed by atoms with E-state index in [4.69, 9.17) is 10.5 Å². The number of imidazole rings is 1. The van der Waals surface area contributed by atoms with Gasteiger partial charge in [-0.3, -0.25) is 0 Å². The lowest BCUT2D eigenvalue weighted by Gasteiger charge is -2.04. The van der Waals surface area contributed by atoms with Gasteiger partial charge in [0.05, 0.1) is 6.33 Å². The molecule has 3 heterocycles. The molecule has 25 heavy (non-hydrogen) atoms. The van der Waals surface area contributed by atoms with E-state index in [1.807, 2.05) is 0 Å². The number of aromatic amines is 1. The highest BCUT2D eigenvalue weighted by Crippen LogP contribution is 2.32. The van der Waals surface area contributed by atoms with Crippen LogP contribution in [-0.2, 0) is 6.61 Å². The Labute approximate surface area is 146 Å². The molecule has 0 atom stereocenters. The number of benzene rings is 2. The van der Waals surface area contributed by atoms with Gasteiger partial charge < -0.3 is 15.5 Å². The van der Waals surface area contributed by atoms with Crippen LogP contribution in [0.15, 0.2) is 48.8 Å². The van der Waals surface area contributed by atoms with E-state index in [0.717, 1.165) is 4.88 Å². The molecule has 0 spiro atoms. The standard InChI is InChI=1S/C18H13N5OS/c19-18-22-16-15(20-9-21-16)17(23-18)24-8-11-7-13-12-4-2-1-3-10(12)5-6-14(13)25-11/h1-7,9H,8H2,(H3,19,20,21,22,23). The monoisotopic (exact) mass is 347 g/mol. The third-order valence-corrected chi connectivity index (χ3v) is 5.17. The van der Waals surface area contributed by atoms with Gasteiger partial charge in [-0.2, -0.15) is 9.97 Å². The van der Waals surface area contributed by atoms with E-state index in [1.54, 1.807) is 17.7 Å². The first-order valence-electron chi connectivity index (χ1n) is 7.77. The number of hydrogen-bond donors (Lipinski definition) is 2. The van der Waals surface area contributed by atoms with Crippen LogP contribution in [0, 0.1) is 0 Å². The second-order valence-corrected chi connectivity index (χ2v) is 6.86. The summed E-state index contributed by atoms with van der Waals surface area (Å²) in [6, 6.07) is 14.9. The Morgan fingerprint density at radius 2 is 2.00 bits per heavy atom. The molecule has 0 radical (unpaired) electrons. The molecule has 7 heteroatoms. The van der Waals surface area contributed by atoms with Crippen LogP contribution in [-0.4, -0.2) is 19.9 Å². The van der Waals surface area contributed by atoms with Crippen LogP contribution in [0.4, 0.5) is 5.95 Å². The lowest BCUT2D eigenvalue weighted by molar-refractivity contribution is 0.301. The van der Waals surface area contributed by atoms with Gasteiger partial charge in [0.15, 0.2) is 5.65 Å². The number of aromatic nitrogens is 4. The number of nitrogen functional groups attached to an aromatic ring is 1. The van der Waals surface area contributed by atoms with E-state index in [0.29, 0.717) is 23.7 Å². The highest BCUT2D eigenvalue weighted by Gasteiger charge is 2.11. The minimum atomic E-state index is 0.150.